The fraction of sp³-hybridized carbons (Fsp3) is 0. The molecule has 262 valence electrons. The lowest BCUT2D eigenvalue weighted by Crippen LogP contribution is -2.10. The van der Waals surface area contributed by atoms with Crippen LogP contribution in [0.4, 0.5) is 17.1 Å². The molecule has 0 saturated heterocycles. The third-order valence-electron chi connectivity index (χ3n) is 9.80. The second-order valence-electron chi connectivity index (χ2n) is 12.8. The molecule has 0 unspecified atom stereocenters. The number of fused-ring (bicyclic) bond motifs is 3. The Morgan fingerprint density at radius 3 is 1.96 bits per heavy atom. The van der Waals surface area contributed by atoms with Crippen molar-refractivity contribution in [2.45, 2.75) is 0 Å². The quantitative estimate of drug-likeness (QED) is 0.0489. The Labute approximate surface area is 307 Å². The molecule has 54 heavy (non-hydrogen) atoms. The van der Waals surface area contributed by atoms with Crippen LogP contribution in [0.1, 0.15) is 0 Å². The molecule has 1 aliphatic rings. The average Bonchev–Trinajstić information content (AvgIpc) is 3.65. The van der Waals surface area contributed by atoms with E-state index >= 15 is 0 Å². The first-order valence-corrected chi connectivity index (χ1v) is 17.1. The summed E-state index contributed by atoms with van der Waals surface area (Å²) in [6.07, 6.45) is 0. The molecule has 2 aromatic heterocycles. The Kier molecular flexibility index (Phi) is 6.31. The smallest absolute Gasteiger partial charge is 0.235 e. The molecule has 10 rings (SSSR count). The third-order valence-corrected chi connectivity index (χ3v) is 11.0. The Hall–Kier alpha value is -7.32. The van der Waals surface area contributed by atoms with Crippen molar-refractivity contribution in [3.63, 3.8) is 0 Å². The molecule has 0 spiro atoms. The molecule has 12 nitrogen and oxygen atoms in total. The molecule has 0 saturated carbocycles. The normalized spacial score (nSPS) is 12.3. The minimum atomic E-state index is -0.691. The van der Waals surface area contributed by atoms with Gasteiger partial charge in [0.2, 0.25) is 17.2 Å². The van der Waals surface area contributed by atoms with Gasteiger partial charge in [-0.1, -0.05) is 30.3 Å². The van der Waals surface area contributed by atoms with Crippen molar-refractivity contribution in [1.29, 1.82) is 0 Å². The van der Waals surface area contributed by atoms with E-state index in [0.717, 1.165) is 38.4 Å². The number of phenols is 8. The zero-order valence-electron chi connectivity index (χ0n) is 27.3. The zero-order valence-corrected chi connectivity index (χ0v) is 28.1. The van der Waals surface area contributed by atoms with Crippen molar-refractivity contribution in [2.24, 2.45) is 0 Å². The number of hydrogen-bond donors (Lipinski definition) is 8. The van der Waals surface area contributed by atoms with Gasteiger partial charge >= 0.3 is 0 Å². The minimum Gasteiger partial charge on any atom is -0.508 e. The van der Waals surface area contributed by atoms with Gasteiger partial charge in [-0.15, -0.1) is 11.3 Å². The van der Waals surface area contributed by atoms with Crippen LogP contribution in [-0.4, -0.2) is 48.7 Å². The third kappa shape index (κ3) is 4.13. The van der Waals surface area contributed by atoms with Crippen molar-refractivity contribution < 1.29 is 55.0 Å². The summed E-state index contributed by atoms with van der Waals surface area (Å²) in [7, 11) is 6.38. The number of anilines is 3. The SMILES string of the molecule is [B]c1c(O)c2oc3cc(O)c(O)c4c3c2c2c(c(O)c(-c3ccc(N(c5ccc6sc7ccccc7c6c5)c5c(O)cc(O)cc5O)cc3)c(O)c12)OO4. The van der Waals surface area contributed by atoms with Gasteiger partial charge in [0, 0.05) is 65.9 Å². The van der Waals surface area contributed by atoms with Crippen LogP contribution in [-0.2, 0) is 0 Å². The molecule has 0 bridgehead atoms. The average molecular weight is 735 g/mol. The van der Waals surface area contributed by atoms with Crippen LogP contribution in [0.15, 0.2) is 89.3 Å². The summed E-state index contributed by atoms with van der Waals surface area (Å²) in [4.78, 5) is 12.6. The van der Waals surface area contributed by atoms with E-state index in [9.17, 15) is 40.9 Å². The molecule has 8 N–H and O–H groups in total. The van der Waals surface area contributed by atoms with Gasteiger partial charge in [-0.2, -0.15) is 0 Å². The van der Waals surface area contributed by atoms with Gasteiger partial charge in [0.05, 0.1) is 10.9 Å². The minimum absolute atomic E-state index is 0.00538. The van der Waals surface area contributed by atoms with Gasteiger partial charge in [0.15, 0.2) is 22.8 Å². The number of hydrogen-bond acceptors (Lipinski definition) is 13. The van der Waals surface area contributed by atoms with E-state index in [4.69, 9.17) is 22.0 Å². The van der Waals surface area contributed by atoms with Crippen LogP contribution < -0.4 is 20.1 Å². The highest BCUT2D eigenvalue weighted by Crippen LogP contribution is 2.58. The van der Waals surface area contributed by atoms with Crippen LogP contribution in [0.25, 0.3) is 64.0 Å². The van der Waals surface area contributed by atoms with Crippen LogP contribution in [0.3, 0.4) is 0 Å². The van der Waals surface area contributed by atoms with Crippen LogP contribution in [0, 0.1) is 0 Å². The van der Waals surface area contributed by atoms with Crippen molar-refractivity contribution in [1.82, 2.24) is 0 Å². The number of rotatable bonds is 4. The Balaban J connectivity index is 1.18. The van der Waals surface area contributed by atoms with E-state index < -0.39 is 40.2 Å². The van der Waals surface area contributed by atoms with E-state index in [1.54, 1.807) is 40.5 Å². The highest BCUT2D eigenvalue weighted by Gasteiger charge is 2.34. The predicted octanol–water partition coefficient (Wildman–Crippen LogP) is 8.37. The number of benzene rings is 7. The van der Waals surface area contributed by atoms with Crippen molar-refractivity contribution in [2.75, 3.05) is 4.90 Å². The van der Waals surface area contributed by atoms with E-state index in [1.165, 1.54) is 0 Å². The molecule has 7 aromatic carbocycles. The molecular formula is C40H22BNO11S. The second kappa shape index (κ2) is 10.9. The van der Waals surface area contributed by atoms with Gasteiger partial charge in [0.1, 0.15) is 42.1 Å². The summed E-state index contributed by atoms with van der Waals surface area (Å²) >= 11 is 1.63. The van der Waals surface area contributed by atoms with Crippen molar-refractivity contribution >= 4 is 94.6 Å². The van der Waals surface area contributed by atoms with Gasteiger partial charge in [-0.05, 0) is 47.4 Å². The first kappa shape index (κ1) is 31.4. The predicted molar refractivity (Wildman–Crippen MR) is 204 cm³/mol. The van der Waals surface area contributed by atoms with E-state index in [2.05, 4.69) is 0 Å². The molecule has 0 atom stereocenters. The fourth-order valence-corrected chi connectivity index (χ4v) is 8.51. The van der Waals surface area contributed by atoms with Gasteiger partial charge in [-0.25, -0.2) is 0 Å². The molecule has 0 aliphatic carbocycles. The summed E-state index contributed by atoms with van der Waals surface area (Å²) in [5, 5.41) is 90.0. The molecular weight excluding hydrogens is 713 g/mol. The Morgan fingerprint density at radius 1 is 0.556 bits per heavy atom. The second-order valence-corrected chi connectivity index (χ2v) is 13.9. The lowest BCUT2D eigenvalue weighted by molar-refractivity contribution is -0.0997. The largest absolute Gasteiger partial charge is 0.508 e. The lowest BCUT2D eigenvalue weighted by atomic mass is 9.84. The lowest BCUT2D eigenvalue weighted by Gasteiger charge is -2.27. The van der Waals surface area contributed by atoms with E-state index in [1.807, 2.05) is 42.5 Å². The van der Waals surface area contributed by atoms with Crippen molar-refractivity contribution in [3.8, 4) is 68.6 Å². The maximum atomic E-state index is 11.8. The molecule has 2 radical (unpaired) electrons. The maximum absolute atomic E-state index is 11.8. The maximum Gasteiger partial charge on any atom is 0.235 e. The number of phenolic OH excluding ortho intramolecular Hbond substituents is 8. The summed E-state index contributed by atoms with van der Waals surface area (Å²) < 4.78 is 7.90. The molecule has 1 aliphatic heterocycles. The fourth-order valence-electron chi connectivity index (χ4n) is 7.43. The topological polar surface area (TPSA) is 197 Å². The molecule has 0 amide bonds. The van der Waals surface area contributed by atoms with Gasteiger partial charge < -0.3 is 50.2 Å². The first-order chi connectivity index (χ1) is 26.0. The van der Waals surface area contributed by atoms with Crippen LogP contribution >= 0.6 is 11.3 Å². The van der Waals surface area contributed by atoms with Gasteiger partial charge in [0.25, 0.3) is 0 Å². The number of aromatic hydroxyl groups is 8. The van der Waals surface area contributed by atoms with Crippen molar-refractivity contribution in [3.05, 3.63) is 84.9 Å². The highest BCUT2D eigenvalue weighted by atomic mass is 32.1. The van der Waals surface area contributed by atoms with Crippen LogP contribution in [0.5, 0.6) is 57.5 Å². The molecule has 9 aromatic rings. The first-order valence-electron chi connectivity index (χ1n) is 16.3. The molecule has 14 heteroatoms. The number of thiophene rings is 1. The monoisotopic (exact) mass is 735 g/mol. The zero-order chi connectivity index (χ0) is 37.3. The summed E-state index contributed by atoms with van der Waals surface area (Å²) in [5.74, 6) is -4.79. The van der Waals surface area contributed by atoms with E-state index in [-0.39, 0.29) is 72.2 Å². The molecule has 3 heterocycles. The summed E-state index contributed by atoms with van der Waals surface area (Å²) in [6.45, 7) is 0. The molecule has 0 fully saturated rings. The number of nitrogens with zero attached hydrogens (tertiary/aromatic N) is 1. The number of furan rings is 1. The van der Waals surface area contributed by atoms with Crippen LogP contribution in [0.2, 0.25) is 0 Å². The standard InChI is InChI=1S/C40H22BNO11S/c41-32-31-30-29-28-24(51-38(29)37(32)50)14-23(46)34(47)39(28)52-53-40(30)36(49)27(35(31)48)15-5-7-16(8-6-15)42(33-21(44)12-18(43)13-22(33)45)17-9-10-26-20(11-17)19-3-1-2-4-25(19)54-26/h1-14,43-50H. The Bertz CT molecular complexity index is 3100. The highest BCUT2D eigenvalue weighted by molar-refractivity contribution is 7.25. The summed E-state index contributed by atoms with van der Waals surface area (Å²) in [6, 6.07) is 23.3. The van der Waals surface area contributed by atoms with E-state index in [0.29, 0.717) is 11.4 Å². The Morgan fingerprint density at radius 2 is 1.22 bits per heavy atom. The summed E-state index contributed by atoms with van der Waals surface area (Å²) in [5.41, 5.74) is 0.568. The van der Waals surface area contributed by atoms with Gasteiger partial charge in [-0.3, -0.25) is 9.78 Å².